The van der Waals surface area contributed by atoms with Crippen LogP contribution in [0.4, 0.5) is 0 Å². The number of hydrogen-bond acceptors (Lipinski definition) is 4. The Kier molecular flexibility index (Phi) is 2.83. The standard InChI is InChI=1S/C8H12O4/c1-5(2)8(10)12-7-4-11-3-6(7)9/h6-7,9H,1,3-4H2,2H3. The van der Waals surface area contributed by atoms with Crippen LogP contribution in [0.25, 0.3) is 0 Å². The Balaban J connectivity index is 2.40. The molecule has 4 nitrogen and oxygen atoms in total. The minimum Gasteiger partial charge on any atom is -0.454 e. The molecule has 4 heteroatoms. The predicted molar refractivity (Wildman–Crippen MR) is 41.5 cm³/mol. The molecule has 1 aliphatic rings. The highest BCUT2D eigenvalue weighted by Gasteiger charge is 2.29. The smallest absolute Gasteiger partial charge is 0.333 e. The van der Waals surface area contributed by atoms with E-state index in [-0.39, 0.29) is 13.2 Å². The van der Waals surface area contributed by atoms with Gasteiger partial charge in [-0.3, -0.25) is 0 Å². The van der Waals surface area contributed by atoms with Gasteiger partial charge in [-0.2, -0.15) is 0 Å². The van der Waals surface area contributed by atoms with Crippen LogP contribution in [-0.4, -0.2) is 36.5 Å². The molecule has 0 amide bonds. The van der Waals surface area contributed by atoms with Crippen LogP contribution in [0.1, 0.15) is 6.92 Å². The van der Waals surface area contributed by atoms with Gasteiger partial charge in [-0.25, -0.2) is 4.79 Å². The number of aliphatic hydroxyl groups excluding tert-OH is 1. The lowest BCUT2D eigenvalue weighted by molar-refractivity contribution is -0.147. The van der Waals surface area contributed by atoms with Crippen molar-refractivity contribution in [3.05, 3.63) is 12.2 Å². The summed E-state index contributed by atoms with van der Waals surface area (Å²) in [4.78, 5) is 11.0. The molecule has 2 atom stereocenters. The number of hydrogen-bond donors (Lipinski definition) is 1. The van der Waals surface area contributed by atoms with Crippen molar-refractivity contribution in [2.24, 2.45) is 0 Å². The number of ether oxygens (including phenoxy) is 2. The molecule has 0 aromatic rings. The van der Waals surface area contributed by atoms with Crippen molar-refractivity contribution in [3.63, 3.8) is 0 Å². The average Bonchev–Trinajstić information content (AvgIpc) is 2.36. The highest BCUT2D eigenvalue weighted by molar-refractivity contribution is 5.87. The molecule has 0 aliphatic carbocycles. The first kappa shape index (κ1) is 9.22. The molecule has 1 heterocycles. The van der Waals surface area contributed by atoms with Crippen molar-refractivity contribution in [3.8, 4) is 0 Å². The Hall–Kier alpha value is -0.870. The maximum absolute atomic E-state index is 11.0. The van der Waals surface area contributed by atoms with Gasteiger partial charge in [-0.15, -0.1) is 0 Å². The largest absolute Gasteiger partial charge is 0.454 e. The lowest BCUT2D eigenvalue weighted by atomic mass is 10.2. The van der Waals surface area contributed by atoms with E-state index in [9.17, 15) is 9.90 Å². The molecule has 1 rings (SSSR count). The highest BCUT2D eigenvalue weighted by Crippen LogP contribution is 2.10. The first-order valence-corrected chi connectivity index (χ1v) is 3.73. The second-order valence-corrected chi connectivity index (χ2v) is 2.83. The fraction of sp³-hybridized carbons (Fsp3) is 0.625. The van der Waals surface area contributed by atoms with Crippen molar-refractivity contribution in [1.82, 2.24) is 0 Å². The van der Waals surface area contributed by atoms with Crippen LogP contribution in [0.3, 0.4) is 0 Å². The van der Waals surface area contributed by atoms with Crippen molar-refractivity contribution >= 4 is 5.97 Å². The van der Waals surface area contributed by atoms with Gasteiger partial charge in [-0.05, 0) is 6.92 Å². The van der Waals surface area contributed by atoms with E-state index in [1.165, 1.54) is 0 Å². The molecule has 0 radical (unpaired) electrons. The zero-order chi connectivity index (χ0) is 9.14. The summed E-state index contributed by atoms with van der Waals surface area (Å²) >= 11 is 0. The topological polar surface area (TPSA) is 55.8 Å². The lowest BCUT2D eigenvalue weighted by Gasteiger charge is -2.13. The fourth-order valence-electron chi connectivity index (χ4n) is 0.874. The summed E-state index contributed by atoms with van der Waals surface area (Å²) in [6.45, 7) is 5.48. The number of carbonyl (C=O) groups is 1. The quantitative estimate of drug-likeness (QED) is 0.465. The van der Waals surface area contributed by atoms with Crippen molar-refractivity contribution < 1.29 is 19.4 Å². The van der Waals surface area contributed by atoms with E-state index in [4.69, 9.17) is 9.47 Å². The van der Waals surface area contributed by atoms with Gasteiger partial charge >= 0.3 is 5.97 Å². The molecule has 1 fully saturated rings. The van der Waals surface area contributed by atoms with Gasteiger partial charge in [0.25, 0.3) is 0 Å². The molecule has 0 saturated carbocycles. The van der Waals surface area contributed by atoms with Crippen molar-refractivity contribution in [1.29, 1.82) is 0 Å². The van der Waals surface area contributed by atoms with Crippen molar-refractivity contribution in [2.45, 2.75) is 19.1 Å². The third-order valence-electron chi connectivity index (χ3n) is 1.61. The Morgan fingerprint density at radius 2 is 2.33 bits per heavy atom. The SMILES string of the molecule is C=C(C)C(=O)OC1COCC1O. The average molecular weight is 172 g/mol. The highest BCUT2D eigenvalue weighted by atomic mass is 16.6. The van der Waals surface area contributed by atoms with Gasteiger partial charge in [0.1, 0.15) is 6.10 Å². The molecule has 1 aliphatic heterocycles. The molecule has 2 unspecified atom stereocenters. The van der Waals surface area contributed by atoms with E-state index in [0.717, 1.165) is 0 Å². The van der Waals surface area contributed by atoms with Crippen LogP contribution in [-0.2, 0) is 14.3 Å². The summed E-state index contributed by atoms with van der Waals surface area (Å²) in [7, 11) is 0. The molecule has 0 aromatic heterocycles. The number of carbonyl (C=O) groups excluding carboxylic acids is 1. The third kappa shape index (κ3) is 2.06. The van der Waals surface area contributed by atoms with Crippen LogP contribution in [0, 0.1) is 0 Å². The molecular formula is C8H12O4. The van der Waals surface area contributed by atoms with Gasteiger partial charge in [0.15, 0.2) is 6.10 Å². The Labute approximate surface area is 70.8 Å². The fourth-order valence-corrected chi connectivity index (χ4v) is 0.874. The second kappa shape index (κ2) is 3.69. The van der Waals surface area contributed by atoms with Crippen LogP contribution >= 0.6 is 0 Å². The van der Waals surface area contributed by atoms with Gasteiger partial charge in [-0.1, -0.05) is 6.58 Å². The molecular weight excluding hydrogens is 160 g/mol. The summed E-state index contributed by atoms with van der Waals surface area (Å²) in [5, 5.41) is 9.19. The molecule has 1 N–H and O–H groups in total. The van der Waals surface area contributed by atoms with Gasteiger partial charge in [0.2, 0.25) is 0 Å². The zero-order valence-electron chi connectivity index (χ0n) is 6.95. The third-order valence-corrected chi connectivity index (χ3v) is 1.61. The van der Waals surface area contributed by atoms with Crippen LogP contribution in [0.2, 0.25) is 0 Å². The molecule has 0 bridgehead atoms. The monoisotopic (exact) mass is 172 g/mol. The summed E-state index contributed by atoms with van der Waals surface area (Å²) in [6, 6.07) is 0. The lowest BCUT2D eigenvalue weighted by Crippen LogP contribution is -2.29. The molecule has 1 saturated heterocycles. The number of aliphatic hydroxyl groups is 1. The number of esters is 1. The van der Waals surface area contributed by atoms with E-state index in [0.29, 0.717) is 5.57 Å². The summed E-state index contributed by atoms with van der Waals surface area (Å²) in [6.07, 6.45) is -1.23. The van der Waals surface area contributed by atoms with Crippen LogP contribution < -0.4 is 0 Å². The predicted octanol–water partition coefficient (Wildman–Crippen LogP) is -0.135. The maximum atomic E-state index is 11.0. The molecule has 68 valence electrons. The van der Waals surface area contributed by atoms with Gasteiger partial charge < -0.3 is 14.6 Å². The number of rotatable bonds is 2. The zero-order valence-corrected chi connectivity index (χ0v) is 6.95. The summed E-state index contributed by atoms with van der Waals surface area (Å²) in [5.74, 6) is -0.482. The maximum Gasteiger partial charge on any atom is 0.333 e. The summed E-state index contributed by atoms with van der Waals surface area (Å²) in [5.41, 5.74) is 0.328. The van der Waals surface area contributed by atoms with Gasteiger partial charge in [0.05, 0.1) is 13.2 Å². The first-order valence-electron chi connectivity index (χ1n) is 3.73. The van der Waals surface area contributed by atoms with E-state index < -0.39 is 18.2 Å². The van der Waals surface area contributed by atoms with E-state index >= 15 is 0 Å². The molecule has 0 aromatic carbocycles. The minimum absolute atomic E-state index is 0.230. The molecule has 0 spiro atoms. The first-order chi connectivity index (χ1) is 5.61. The Morgan fingerprint density at radius 3 is 2.75 bits per heavy atom. The van der Waals surface area contributed by atoms with E-state index in [1.54, 1.807) is 6.92 Å². The van der Waals surface area contributed by atoms with E-state index in [2.05, 4.69) is 6.58 Å². The van der Waals surface area contributed by atoms with Gasteiger partial charge in [0, 0.05) is 5.57 Å². The molecule has 12 heavy (non-hydrogen) atoms. The second-order valence-electron chi connectivity index (χ2n) is 2.83. The Bertz CT molecular complexity index is 199. The van der Waals surface area contributed by atoms with Crippen LogP contribution in [0.15, 0.2) is 12.2 Å². The van der Waals surface area contributed by atoms with E-state index in [1.807, 2.05) is 0 Å². The minimum atomic E-state index is -0.701. The summed E-state index contributed by atoms with van der Waals surface area (Å²) < 4.78 is 9.76. The normalized spacial score (nSPS) is 28.5. The van der Waals surface area contributed by atoms with Crippen molar-refractivity contribution in [2.75, 3.05) is 13.2 Å². The van der Waals surface area contributed by atoms with Crippen LogP contribution in [0.5, 0.6) is 0 Å². The Morgan fingerprint density at radius 1 is 1.67 bits per heavy atom.